The van der Waals surface area contributed by atoms with E-state index in [1.807, 2.05) is 26.0 Å². The lowest BCUT2D eigenvalue weighted by Crippen LogP contribution is -2.49. The number of benzene rings is 2. The first-order chi connectivity index (χ1) is 13.3. The Morgan fingerprint density at radius 2 is 1.61 bits per heavy atom. The lowest BCUT2D eigenvalue weighted by atomic mass is 10.1. The second kappa shape index (κ2) is 10.7. The smallest absolute Gasteiger partial charge is 0.242 e. The second-order valence-electron chi connectivity index (χ2n) is 6.39. The number of nitrogens with zero attached hydrogens (tertiary/aromatic N) is 1. The molecule has 2 amide bonds. The highest BCUT2D eigenvalue weighted by Crippen LogP contribution is 2.24. The highest BCUT2D eigenvalue weighted by molar-refractivity contribution is 6.42. The Kier molecular flexibility index (Phi) is 8.61. The fourth-order valence-corrected chi connectivity index (χ4v) is 3.37. The van der Waals surface area contributed by atoms with Gasteiger partial charge in [0.2, 0.25) is 11.8 Å². The zero-order valence-electron chi connectivity index (χ0n) is 15.8. The standard InChI is InChI=1S/C21H23Cl3N2O2/c1-3-19(21(28)25-4-2)26(13-14-5-8-16(22)9-6-14)20(27)12-15-7-10-17(23)18(24)11-15/h5-11,19H,3-4,12-13H2,1-2H3,(H,25,28)/t19-/m0/s1. The quantitative estimate of drug-likeness (QED) is 0.617. The van der Waals surface area contributed by atoms with Gasteiger partial charge in [0.25, 0.3) is 0 Å². The predicted molar refractivity (Wildman–Crippen MR) is 115 cm³/mol. The molecule has 4 nitrogen and oxygen atoms in total. The largest absolute Gasteiger partial charge is 0.355 e. The van der Waals surface area contributed by atoms with Crippen molar-refractivity contribution < 1.29 is 9.59 Å². The zero-order valence-corrected chi connectivity index (χ0v) is 18.1. The summed E-state index contributed by atoms with van der Waals surface area (Å²) in [6, 6.07) is 11.8. The third kappa shape index (κ3) is 6.13. The number of rotatable bonds is 8. The van der Waals surface area contributed by atoms with Gasteiger partial charge < -0.3 is 10.2 Å². The van der Waals surface area contributed by atoms with Gasteiger partial charge in [-0.1, -0.05) is 59.9 Å². The van der Waals surface area contributed by atoms with Gasteiger partial charge in [-0.05, 0) is 48.7 Å². The van der Waals surface area contributed by atoms with Gasteiger partial charge in [-0.3, -0.25) is 9.59 Å². The SMILES string of the molecule is CCNC(=O)[C@H](CC)N(Cc1ccc(Cl)cc1)C(=O)Cc1ccc(Cl)c(Cl)c1. The van der Waals surface area contributed by atoms with Crippen LogP contribution in [0.2, 0.25) is 15.1 Å². The average Bonchev–Trinajstić information content (AvgIpc) is 2.66. The van der Waals surface area contributed by atoms with Crippen LogP contribution in [0.5, 0.6) is 0 Å². The third-order valence-corrected chi connectivity index (χ3v) is 5.33. The van der Waals surface area contributed by atoms with Crippen molar-refractivity contribution in [1.82, 2.24) is 10.2 Å². The van der Waals surface area contributed by atoms with Crippen LogP contribution >= 0.6 is 34.8 Å². The molecule has 7 heteroatoms. The van der Waals surface area contributed by atoms with Crippen molar-refractivity contribution in [2.45, 2.75) is 39.3 Å². The Morgan fingerprint density at radius 1 is 0.964 bits per heavy atom. The van der Waals surface area contributed by atoms with E-state index in [0.29, 0.717) is 34.6 Å². The molecule has 0 bridgehead atoms. The van der Waals surface area contributed by atoms with Gasteiger partial charge in [-0.2, -0.15) is 0 Å². The molecule has 28 heavy (non-hydrogen) atoms. The summed E-state index contributed by atoms with van der Waals surface area (Å²) in [5.41, 5.74) is 1.64. The first-order valence-electron chi connectivity index (χ1n) is 9.11. The summed E-state index contributed by atoms with van der Waals surface area (Å²) >= 11 is 18.0. The van der Waals surface area contributed by atoms with Gasteiger partial charge in [0, 0.05) is 18.1 Å². The summed E-state index contributed by atoms with van der Waals surface area (Å²) in [7, 11) is 0. The number of halogens is 3. The van der Waals surface area contributed by atoms with E-state index < -0.39 is 6.04 Å². The molecule has 0 saturated heterocycles. The van der Waals surface area contributed by atoms with Crippen LogP contribution in [-0.4, -0.2) is 29.3 Å². The van der Waals surface area contributed by atoms with Gasteiger partial charge in [0.1, 0.15) is 6.04 Å². The van der Waals surface area contributed by atoms with Crippen molar-refractivity contribution in [3.63, 3.8) is 0 Å². The molecule has 2 rings (SSSR count). The Hall–Kier alpha value is -1.75. The van der Waals surface area contributed by atoms with Crippen LogP contribution in [-0.2, 0) is 22.6 Å². The van der Waals surface area contributed by atoms with E-state index in [1.54, 1.807) is 35.2 Å². The van der Waals surface area contributed by atoms with Crippen LogP contribution in [0.1, 0.15) is 31.4 Å². The molecule has 2 aromatic rings. The van der Waals surface area contributed by atoms with Crippen LogP contribution < -0.4 is 5.32 Å². The van der Waals surface area contributed by atoms with E-state index in [9.17, 15) is 9.59 Å². The summed E-state index contributed by atoms with van der Waals surface area (Å²) in [6.07, 6.45) is 0.632. The van der Waals surface area contributed by atoms with Crippen molar-refractivity contribution >= 4 is 46.6 Å². The molecule has 0 saturated carbocycles. The van der Waals surface area contributed by atoms with E-state index >= 15 is 0 Å². The number of amides is 2. The molecule has 0 spiro atoms. The van der Waals surface area contributed by atoms with Gasteiger partial charge >= 0.3 is 0 Å². The Bertz CT molecular complexity index is 825. The number of likely N-dealkylation sites (N-methyl/N-ethyl adjacent to an activating group) is 1. The van der Waals surface area contributed by atoms with Crippen molar-refractivity contribution in [3.8, 4) is 0 Å². The number of hydrogen-bond acceptors (Lipinski definition) is 2. The number of hydrogen-bond donors (Lipinski definition) is 1. The van der Waals surface area contributed by atoms with Crippen molar-refractivity contribution in [2.24, 2.45) is 0 Å². The maximum absolute atomic E-state index is 13.1. The molecular weight excluding hydrogens is 419 g/mol. The first-order valence-corrected chi connectivity index (χ1v) is 10.2. The number of nitrogens with one attached hydrogen (secondary N) is 1. The lowest BCUT2D eigenvalue weighted by molar-refractivity contribution is -0.140. The molecule has 150 valence electrons. The van der Waals surface area contributed by atoms with Crippen LogP contribution in [0.15, 0.2) is 42.5 Å². The summed E-state index contributed by atoms with van der Waals surface area (Å²) in [5, 5.41) is 4.26. The van der Waals surface area contributed by atoms with E-state index in [1.165, 1.54) is 0 Å². The topological polar surface area (TPSA) is 49.4 Å². The molecule has 1 atom stereocenters. The second-order valence-corrected chi connectivity index (χ2v) is 7.64. The molecule has 0 radical (unpaired) electrons. The van der Waals surface area contributed by atoms with Gasteiger partial charge in [0.15, 0.2) is 0 Å². The fraction of sp³-hybridized carbons (Fsp3) is 0.333. The van der Waals surface area contributed by atoms with E-state index in [-0.39, 0.29) is 18.2 Å². The minimum atomic E-state index is -0.564. The minimum absolute atomic E-state index is 0.125. The molecule has 0 aliphatic carbocycles. The van der Waals surface area contributed by atoms with E-state index in [0.717, 1.165) is 11.1 Å². The summed E-state index contributed by atoms with van der Waals surface area (Å²) in [4.78, 5) is 27.3. The van der Waals surface area contributed by atoms with Crippen molar-refractivity contribution in [1.29, 1.82) is 0 Å². The zero-order chi connectivity index (χ0) is 20.7. The summed E-state index contributed by atoms with van der Waals surface area (Å²) in [6.45, 7) is 4.56. The van der Waals surface area contributed by atoms with Crippen LogP contribution in [0.4, 0.5) is 0 Å². The minimum Gasteiger partial charge on any atom is -0.355 e. The first kappa shape index (κ1) is 22.5. The summed E-state index contributed by atoms with van der Waals surface area (Å²) in [5.74, 6) is -0.326. The molecular formula is C21H23Cl3N2O2. The molecule has 0 unspecified atom stereocenters. The molecule has 2 aromatic carbocycles. The van der Waals surface area contributed by atoms with Gasteiger partial charge in [0.05, 0.1) is 16.5 Å². The van der Waals surface area contributed by atoms with Gasteiger partial charge in [-0.15, -0.1) is 0 Å². The van der Waals surface area contributed by atoms with E-state index in [4.69, 9.17) is 34.8 Å². The average molecular weight is 442 g/mol. The molecule has 0 aromatic heterocycles. The Balaban J connectivity index is 2.28. The number of carbonyl (C=O) groups is 2. The van der Waals surface area contributed by atoms with Crippen molar-refractivity contribution in [2.75, 3.05) is 6.54 Å². The molecule has 1 N–H and O–H groups in total. The lowest BCUT2D eigenvalue weighted by Gasteiger charge is -2.30. The fourth-order valence-electron chi connectivity index (χ4n) is 2.92. The maximum atomic E-state index is 13.1. The highest BCUT2D eigenvalue weighted by atomic mass is 35.5. The van der Waals surface area contributed by atoms with E-state index in [2.05, 4.69) is 5.32 Å². The normalized spacial score (nSPS) is 11.8. The highest BCUT2D eigenvalue weighted by Gasteiger charge is 2.28. The Labute approximate surface area is 180 Å². The van der Waals surface area contributed by atoms with Crippen molar-refractivity contribution in [3.05, 3.63) is 68.7 Å². The summed E-state index contributed by atoms with van der Waals surface area (Å²) < 4.78 is 0. The monoisotopic (exact) mass is 440 g/mol. The predicted octanol–water partition coefficient (Wildman–Crippen LogP) is 5.13. The van der Waals surface area contributed by atoms with Crippen LogP contribution in [0, 0.1) is 0 Å². The van der Waals surface area contributed by atoms with Gasteiger partial charge in [-0.25, -0.2) is 0 Å². The molecule has 0 fully saturated rings. The molecule has 0 aliphatic heterocycles. The number of carbonyl (C=O) groups excluding carboxylic acids is 2. The molecule has 0 heterocycles. The third-order valence-electron chi connectivity index (χ3n) is 4.34. The molecule has 0 aliphatic rings. The van der Waals surface area contributed by atoms with Crippen LogP contribution in [0.3, 0.4) is 0 Å². The Morgan fingerprint density at radius 3 is 2.18 bits per heavy atom. The maximum Gasteiger partial charge on any atom is 0.242 e. The van der Waals surface area contributed by atoms with Crippen LogP contribution in [0.25, 0.3) is 0 Å².